The van der Waals surface area contributed by atoms with Gasteiger partial charge in [-0.15, -0.1) is 0 Å². The molecule has 1 aliphatic rings. The third-order valence-electron chi connectivity index (χ3n) is 5.56. The molecule has 0 fully saturated rings. The van der Waals surface area contributed by atoms with Gasteiger partial charge in [0.2, 0.25) is 0 Å². The van der Waals surface area contributed by atoms with Crippen LogP contribution in [-0.2, 0) is 16.0 Å². The number of ketones is 1. The number of hydrogen-bond donors (Lipinski definition) is 0. The summed E-state index contributed by atoms with van der Waals surface area (Å²) in [6, 6.07) is 15.8. The van der Waals surface area contributed by atoms with Gasteiger partial charge in [0.05, 0.1) is 12.7 Å². The SMILES string of the molecule is CCC1C(CCC(=O)Cc2ccccc2C(=O)OC)=CC=C1c1cccc(C)c1. The molecule has 1 unspecified atom stereocenters. The van der Waals surface area contributed by atoms with Gasteiger partial charge in [0.1, 0.15) is 5.78 Å². The van der Waals surface area contributed by atoms with Gasteiger partial charge in [-0.05, 0) is 42.5 Å². The Kier molecular flexibility index (Phi) is 6.82. The van der Waals surface area contributed by atoms with E-state index in [4.69, 9.17) is 4.74 Å². The van der Waals surface area contributed by atoms with Crippen LogP contribution in [0.15, 0.2) is 66.3 Å². The molecule has 2 aromatic carbocycles. The number of ether oxygens (including phenoxy) is 1. The summed E-state index contributed by atoms with van der Waals surface area (Å²) in [6.45, 7) is 4.31. The second-order valence-electron chi connectivity index (χ2n) is 7.56. The van der Waals surface area contributed by atoms with Crippen molar-refractivity contribution in [1.29, 1.82) is 0 Å². The second kappa shape index (κ2) is 9.51. The molecular weight excluding hydrogens is 360 g/mol. The maximum absolute atomic E-state index is 12.6. The highest BCUT2D eigenvalue weighted by atomic mass is 16.5. The molecule has 0 saturated heterocycles. The van der Waals surface area contributed by atoms with Crippen LogP contribution in [-0.4, -0.2) is 18.9 Å². The van der Waals surface area contributed by atoms with E-state index in [0.717, 1.165) is 18.4 Å². The molecule has 2 aromatic rings. The molecule has 0 aromatic heterocycles. The predicted molar refractivity (Wildman–Crippen MR) is 117 cm³/mol. The van der Waals surface area contributed by atoms with Gasteiger partial charge in [-0.25, -0.2) is 4.79 Å². The summed E-state index contributed by atoms with van der Waals surface area (Å²) in [5, 5.41) is 0. The van der Waals surface area contributed by atoms with Crippen LogP contribution in [0.25, 0.3) is 5.57 Å². The molecule has 0 amide bonds. The van der Waals surface area contributed by atoms with Crippen LogP contribution in [0.1, 0.15) is 53.2 Å². The fraction of sp³-hybridized carbons (Fsp3) is 0.308. The quantitative estimate of drug-likeness (QED) is 0.543. The molecule has 0 spiro atoms. The second-order valence-corrected chi connectivity index (χ2v) is 7.56. The van der Waals surface area contributed by atoms with Crippen molar-refractivity contribution >= 4 is 17.3 Å². The Hall–Kier alpha value is -2.94. The normalized spacial score (nSPS) is 15.6. The van der Waals surface area contributed by atoms with Gasteiger partial charge in [0.15, 0.2) is 0 Å². The fourth-order valence-electron chi connectivity index (χ4n) is 4.06. The summed E-state index contributed by atoms with van der Waals surface area (Å²) in [5.41, 5.74) is 6.38. The summed E-state index contributed by atoms with van der Waals surface area (Å²) < 4.78 is 4.82. The lowest BCUT2D eigenvalue weighted by Crippen LogP contribution is -2.11. The molecule has 0 heterocycles. The van der Waals surface area contributed by atoms with Crippen molar-refractivity contribution in [3.05, 3.63) is 88.5 Å². The van der Waals surface area contributed by atoms with Crippen LogP contribution in [0.3, 0.4) is 0 Å². The zero-order valence-electron chi connectivity index (χ0n) is 17.4. The van der Waals surface area contributed by atoms with Crippen LogP contribution in [0.4, 0.5) is 0 Å². The number of rotatable bonds is 8. The largest absolute Gasteiger partial charge is 0.465 e. The maximum atomic E-state index is 12.6. The van der Waals surface area contributed by atoms with Crippen LogP contribution >= 0.6 is 0 Å². The third-order valence-corrected chi connectivity index (χ3v) is 5.56. The van der Waals surface area contributed by atoms with E-state index in [0.29, 0.717) is 17.9 Å². The number of allylic oxidation sites excluding steroid dienone is 4. The van der Waals surface area contributed by atoms with Crippen LogP contribution in [0.5, 0.6) is 0 Å². The first-order valence-corrected chi connectivity index (χ1v) is 10.2. The van der Waals surface area contributed by atoms with Crippen molar-refractivity contribution in [2.45, 2.75) is 39.5 Å². The number of benzene rings is 2. The summed E-state index contributed by atoms with van der Waals surface area (Å²) in [7, 11) is 1.36. The van der Waals surface area contributed by atoms with Crippen molar-refractivity contribution in [1.82, 2.24) is 0 Å². The number of methoxy groups -OCH3 is 1. The Balaban J connectivity index is 1.62. The Morgan fingerprint density at radius 1 is 1.03 bits per heavy atom. The van der Waals surface area contributed by atoms with E-state index in [9.17, 15) is 9.59 Å². The van der Waals surface area contributed by atoms with E-state index in [1.807, 2.05) is 12.1 Å². The lowest BCUT2D eigenvalue weighted by molar-refractivity contribution is -0.118. The van der Waals surface area contributed by atoms with E-state index >= 15 is 0 Å². The number of carbonyl (C=O) groups is 2. The molecule has 3 heteroatoms. The minimum atomic E-state index is -0.398. The highest BCUT2D eigenvalue weighted by Crippen LogP contribution is 2.38. The van der Waals surface area contributed by atoms with E-state index < -0.39 is 5.97 Å². The molecule has 0 saturated carbocycles. The number of esters is 1. The van der Waals surface area contributed by atoms with Gasteiger partial charge >= 0.3 is 5.97 Å². The first-order valence-electron chi connectivity index (χ1n) is 10.2. The molecule has 0 N–H and O–H groups in total. The average Bonchev–Trinajstić information content (AvgIpc) is 3.15. The van der Waals surface area contributed by atoms with Crippen LogP contribution < -0.4 is 0 Å². The first kappa shape index (κ1) is 20.8. The van der Waals surface area contributed by atoms with Gasteiger partial charge in [0, 0.05) is 18.8 Å². The summed E-state index contributed by atoms with van der Waals surface area (Å²) in [4.78, 5) is 24.5. The lowest BCUT2D eigenvalue weighted by atomic mass is 9.86. The molecule has 3 rings (SSSR count). The topological polar surface area (TPSA) is 43.4 Å². The molecule has 1 aliphatic carbocycles. The molecular formula is C26H28O3. The Labute approximate surface area is 173 Å². The standard InChI is InChI=1S/C26H28O3/c1-4-23-19(13-15-24(23)20-10-7-8-18(2)16-20)12-14-22(27)17-21-9-5-6-11-25(21)26(28)29-3/h5-11,13,15-16,23H,4,12,14,17H2,1-3H3. The smallest absolute Gasteiger partial charge is 0.338 e. The van der Waals surface area contributed by atoms with Crippen molar-refractivity contribution in [3.8, 4) is 0 Å². The summed E-state index contributed by atoms with van der Waals surface area (Å²) in [5.74, 6) is 0.109. The van der Waals surface area contributed by atoms with Crippen molar-refractivity contribution in [2.75, 3.05) is 7.11 Å². The number of Topliss-reactive ketones (excluding diaryl/α,β-unsaturated/α-hetero) is 1. The molecule has 1 atom stereocenters. The zero-order valence-corrected chi connectivity index (χ0v) is 17.4. The Morgan fingerprint density at radius 2 is 1.83 bits per heavy atom. The zero-order chi connectivity index (χ0) is 20.8. The van der Waals surface area contributed by atoms with Gasteiger partial charge in [0.25, 0.3) is 0 Å². The Morgan fingerprint density at radius 3 is 2.55 bits per heavy atom. The predicted octanol–water partition coefficient (Wildman–Crippen LogP) is 5.72. The minimum absolute atomic E-state index is 0.140. The van der Waals surface area contributed by atoms with Gasteiger partial charge < -0.3 is 4.74 Å². The van der Waals surface area contributed by atoms with Crippen LogP contribution in [0, 0.1) is 12.8 Å². The number of carbonyl (C=O) groups excluding carboxylic acids is 2. The van der Waals surface area contributed by atoms with E-state index in [1.54, 1.807) is 12.1 Å². The van der Waals surface area contributed by atoms with Crippen molar-refractivity contribution in [3.63, 3.8) is 0 Å². The molecule has 3 nitrogen and oxygen atoms in total. The monoisotopic (exact) mass is 388 g/mol. The van der Waals surface area contributed by atoms with E-state index in [-0.39, 0.29) is 12.2 Å². The lowest BCUT2D eigenvalue weighted by Gasteiger charge is -2.18. The molecule has 0 aliphatic heterocycles. The third kappa shape index (κ3) is 4.92. The highest BCUT2D eigenvalue weighted by molar-refractivity contribution is 5.93. The van der Waals surface area contributed by atoms with Crippen molar-refractivity contribution in [2.24, 2.45) is 5.92 Å². The highest BCUT2D eigenvalue weighted by Gasteiger charge is 2.23. The van der Waals surface area contributed by atoms with E-state index in [2.05, 4.69) is 50.3 Å². The van der Waals surface area contributed by atoms with Gasteiger partial charge in [-0.2, -0.15) is 0 Å². The number of aryl methyl sites for hydroxylation is 1. The first-order chi connectivity index (χ1) is 14.0. The van der Waals surface area contributed by atoms with Gasteiger partial charge in [-0.1, -0.05) is 72.7 Å². The molecule has 0 bridgehead atoms. The molecule has 0 radical (unpaired) electrons. The van der Waals surface area contributed by atoms with Crippen LogP contribution in [0.2, 0.25) is 0 Å². The average molecular weight is 389 g/mol. The number of hydrogen-bond acceptors (Lipinski definition) is 3. The minimum Gasteiger partial charge on any atom is -0.465 e. The molecule has 150 valence electrons. The fourth-order valence-corrected chi connectivity index (χ4v) is 4.06. The maximum Gasteiger partial charge on any atom is 0.338 e. The van der Waals surface area contributed by atoms with E-state index in [1.165, 1.54) is 29.4 Å². The van der Waals surface area contributed by atoms with Gasteiger partial charge in [-0.3, -0.25) is 4.79 Å². The molecule has 29 heavy (non-hydrogen) atoms. The Bertz CT molecular complexity index is 965. The van der Waals surface area contributed by atoms with Crippen molar-refractivity contribution < 1.29 is 14.3 Å². The summed E-state index contributed by atoms with van der Waals surface area (Å²) >= 11 is 0. The summed E-state index contributed by atoms with van der Waals surface area (Å²) in [6.07, 6.45) is 6.89.